The van der Waals surface area contributed by atoms with Crippen LogP contribution in [0, 0.1) is 0 Å². The molecule has 0 aromatic heterocycles. The van der Waals surface area contributed by atoms with E-state index in [1.54, 1.807) is 6.92 Å². The highest BCUT2D eigenvalue weighted by atomic mass is 16.6. The van der Waals surface area contributed by atoms with E-state index in [1.165, 1.54) is 13.8 Å². The Hall–Kier alpha value is -1.06. The largest absolute Gasteiger partial charge is 0.463 e. The molecule has 0 unspecified atom stereocenters. The summed E-state index contributed by atoms with van der Waals surface area (Å²) in [5, 5.41) is 0. The van der Waals surface area contributed by atoms with Crippen molar-refractivity contribution in [2.45, 2.75) is 52.6 Å². The standard InChI is InChI=1S/C11H20O4/c1-5-7-8-14-10(13)11(3,4)15-9(12)6-2/h5-8H2,1-4H3. The highest BCUT2D eigenvalue weighted by Crippen LogP contribution is 2.13. The van der Waals surface area contributed by atoms with E-state index in [-0.39, 0.29) is 6.42 Å². The molecule has 15 heavy (non-hydrogen) atoms. The predicted molar refractivity (Wildman–Crippen MR) is 56.3 cm³/mol. The number of hydrogen-bond donors (Lipinski definition) is 0. The van der Waals surface area contributed by atoms with E-state index in [0.29, 0.717) is 6.61 Å². The average molecular weight is 216 g/mol. The quantitative estimate of drug-likeness (QED) is 0.503. The fourth-order valence-corrected chi connectivity index (χ4v) is 0.881. The molecule has 4 heteroatoms. The first kappa shape index (κ1) is 13.9. The van der Waals surface area contributed by atoms with E-state index in [0.717, 1.165) is 12.8 Å². The lowest BCUT2D eigenvalue weighted by atomic mass is 10.1. The summed E-state index contributed by atoms with van der Waals surface area (Å²) in [6.45, 7) is 7.14. The van der Waals surface area contributed by atoms with Crippen molar-refractivity contribution in [1.82, 2.24) is 0 Å². The Morgan fingerprint density at radius 3 is 2.27 bits per heavy atom. The van der Waals surface area contributed by atoms with Crippen LogP contribution in [0.25, 0.3) is 0 Å². The lowest BCUT2D eigenvalue weighted by Crippen LogP contribution is -2.38. The van der Waals surface area contributed by atoms with Gasteiger partial charge in [0.25, 0.3) is 0 Å². The van der Waals surface area contributed by atoms with E-state index in [1.807, 2.05) is 6.92 Å². The van der Waals surface area contributed by atoms with Gasteiger partial charge in [0.05, 0.1) is 6.61 Å². The van der Waals surface area contributed by atoms with Crippen LogP contribution in [-0.4, -0.2) is 24.1 Å². The zero-order valence-corrected chi connectivity index (χ0v) is 9.96. The summed E-state index contributed by atoms with van der Waals surface area (Å²) < 4.78 is 9.94. The van der Waals surface area contributed by atoms with Gasteiger partial charge in [0.2, 0.25) is 5.60 Å². The van der Waals surface area contributed by atoms with Crippen LogP contribution in [0.3, 0.4) is 0 Å². The molecule has 0 aromatic rings. The van der Waals surface area contributed by atoms with Crippen molar-refractivity contribution in [3.63, 3.8) is 0 Å². The smallest absolute Gasteiger partial charge is 0.350 e. The molecule has 0 spiro atoms. The first-order valence-electron chi connectivity index (χ1n) is 5.33. The third-order valence-electron chi connectivity index (χ3n) is 1.88. The predicted octanol–water partition coefficient (Wildman–Crippen LogP) is 2.06. The monoisotopic (exact) mass is 216 g/mol. The van der Waals surface area contributed by atoms with Gasteiger partial charge in [-0.05, 0) is 20.3 Å². The topological polar surface area (TPSA) is 52.6 Å². The van der Waals surface area contributed by atoms with Crippen LogP contribution in [0.2, 0.25) is 0 Å². The highest BCUT2D eigenvalue weighted by molar-refractivity contribution is 5.82. The molecule has 0 bridgehead atoms. The normalized spacial score (nSPS) is 10.9. The number of carbonyl (C=O) groups excluding carboxylic acids is 2. The molecular formula is C11H20O4. The second kappa shape index (κ2) is 6.43. The molecule has 0 N–H and O–H groups in total. The van der Waals surface area contributed by atoms with E-state index in [2.05, 4.69) is 0 Å². The van der Waals surface area contributed by atoms with Crippen molar-refractivity contribution in [2.24, 2.45) is 0 Å². The number of hydrogen-bond acceptors (Lipinski definition) is 4. The molecule has 0 rings (SSSR count). The van der Waals surface area contributed by atoms with Crippen LogP contribution in [0.5, 0.6) is 0 Å². The zero-order valence-electron chi connectivity index (χ0n) is 9.96. The van der Waals surface area contributed by atoms with Gasteiger partial charge in [0.1, 0.15) is 0 Å². The maximum atomic E-state index is 11.5. The van der Waals surface area contributed by atoms with Crippen molar-refractivity contribution < 1.29 is 19.1 Å². The summed E-state index contributed by atoms with van der Waals surface area (Å²) in [5.74, 6) is -0.884. The summed E-state index contributed by atoms with van der Waals surface area (Å²) >= 11 is 0. The molecule has 0 saturated carbocycles. The molecule has 0 amide bonds. The third-order valence-corrected chi connectivity index (χ3v) is 1.88. The van der Waals surface area contributed by atoms with Gasteiger partial charge >= 0.3 is 11.9 Å². The summed E-state index contributed by atoms with van der Waals surface area (Å²) in [6.07, 6.45) is 2.04. The molecule has 0 saturated heterocycles. The zero-order chi connectivity index (χ0) is 11.9. The summed E-state index contributed by atoms with van der Waals surface area (Å²) in [4.78, 5) is 22.5. The Balaban J connectivity index is 4.07. The van der Waals surface area contributed by atoms with Crippen molar-refractivity contribution in [2.75, 3.05) is 6.61 Å². The Bertz CT molecular complexity index is 221. The maximum absolute atomic E-state index is 11.5. The molecule has 4 nitrogen and oxygen atoms in total. The molecule has 0 aliphatic carbocycles. The maximum Gasteiger partial charge on any atom is 0.350 e. The van der Waals surface area contributed by atoms with Gasteiger partial charge in [-0.2, -0.15) is 0 Å². The van der Waals surface area contributed by atoms with Crippen molar-refractivity contribution in [3.05, 3.63) is 0 Å². The van der Waals surface area contributed by atoms with Gasteiger partial charge in [-0.15, -0.1) is 0 Å². The van der Waals surface area contributed by atoms with Crippen molar-refractivity contribution >= 4 is 11.9 Å². The SMILES string of the molecule is CCCCOC(=O)C(C)(C)OC(=O)CC. The summed E-state index contributed by atoms with van der Waals surface area (Å²) in [7, 11) is 0. The molecule has 88 valence electrons. The second-order valence-electron chi connectivity index (χ2n) is 3.83. The lowest BCUT2D eigenvalue weighted by Gasteiger charge is -2.22. The van der Waals surface area contributed by atoms with E-state index in [9.17, 15) is 9.59 Å². The number of carbonyl (C=O) groups is 2. The minimum atomic E-state index is -1.18. The molecule has 0 aromatic carbocycles. The Kier molecular flexibility index (Phi) is 5.97. The van der Waals surface area contributed by atoms with Crippen LogP contribution in [0.15, 0.2) is 0 Å². The van der Waals surface area contributed by atoms with Crippen molar-refractivity contribution in [3.8, 4) is 0 Å². The van der Waals surface area contributed by atoms with Crippen LogP contribution in [0.1, 0.15) is 47.0 Å². The minimum absolute atomic E-state index is 0.256. The van der Waals surface area contributed by atoms with E-state index >= 15 is 0 Å². The minimum Gasteiger partial charge on any atom is -0.463 e. The molecule has 0 radical (unpaired) electrons. The molecule has 0 fully saturated rings. The van der Waals surface area contributed by atoms with Gasteiger partial charge in [-0.1, -0.05) is 20.3 Å². The highest BCUT2D eigenvalue weighted by Gasteiger charge is 2.33. The Labute approximate surface area is 90.9 Å². The first-order valence-corrected chi connectivity index (χ1v) is 5.33. The number of esters is 2. The van der Waals surface area contributed by atoms with Gasteiger partial charge in [-0.25, -0.2) is 4.79 Å². The fraction of sp³-hybridized carbons (Fsp3) is 0.818. The van der Waals surface area contributed by atoms with Crippen LogP contribution in [0.4, 0.5) is 0 Å². The van der Waals surface area contributed by atoms with E-state index in [4.69, 9.17) is 9.47 Å². The van der Waals surface area contributed by atoms with Gasteiger partial charge in [-0.3, -0.25) is 4.79 Å². The van der Waals surface area contributed by atoms with Crippen molar-refractivity contribution in [1.29, 1.82) is 0 Å². The molecule has 0 heterocycles. The Morgan fingerprint density at radius 2 is 1.80 bits per heavy atom. The average Bonchev–Trinajstić information content (AvgIpc) is 2.17. The number of unbranched alkanes of at least 4 members (excludes halogenated alkanes) is 1. The third kappa shape index (κ3) is 5.40. The van der Waals surface area contributed by atoms with Gasteiger partial charge < -0.3 is 9.47 Å². The lowest BCUT2D eigenvalue weighted by molar-refractivity contribution is -0.178. The molecule has 0 aliphatic rings. The summed E-state index contributed by atoms with van der Waals surface area (Å²) in [5.41, 5.74) is -1.18. The molecular weight excluding hydrogens is 196 g/mol. The Morgan fingerprint density at radius 1 is 1.20 bits per heavy atom. The first-order chi connectivity index (χ1) is 6.94. The van der Waals surface area contributed by atoms with Gasteiger partial charge in [0.15, 0.2) is 0 Å². The number of rotatable bonds is 6. The van der Waals surface area contributed by atoms with Crippen LogP contribution in [-0.2, 0) is 19.1 Å². The fourth-order valence-electron chi connectivity index (χ4n) is 0.881. The van der Waals surface area contributed by atoms with Crippen LogP contribution >= 0.6 is 0 Å². The molecule has 0 aliphatic heterocycles. The summed E-state index contributed by atoms with van der Waals surface area (Å²) in [6, 6.07) is 0. The number of ether oxygens (including phenoxy) is 2. The second-order valence-corrected chi connectivity index (χ2v) is 3.83. The van der Waals surface area contributed by atoms with Crippen LogP contribution < -0.4 is 0 Å². The van der Waals surface area contributed by atoms with Gasteiger partial charge in [0, 0.05) is 6.42 Å². The molecule has 0 atom stereocenters. The van der Waals surface area contributed by atoms with E-state index < -0.39 is 17.5 Å².